The van der Waals surface area contributed by atoms with Crippen molar-refractivity contribution in [2.75, 3.05) is 17.7 Å². The maximum atomic E-state index is 11.3. The van der Waals surface area contributed by atoms with Gasteiger partial charge in [0, 0.05) is 12.4 Å². The van der Waals surface area contributed by atoms with Gasteiger partial charge in [0.2, 0.25) is 0 Å². The van der Waals surface area contributed by atoms with Crippen LogP contribution in [-0.4, -0.2) is 28.6 Å². The molecule has 0 bridgehead atoms. The number of ether oxygens (including phenoxy) is 1. The van der Waals surface area contributed by atoms with Crippen molar-refractivity contribution in [1.82, 2.24) is 9.97 Å². The number of hydrogen-bond donors (Lipinski definition) is 2. The number of nitrogens with two attached hydrogens (primary N) is 1. The molecule has 0 aliphatic rings. The van der Waals surface area contributed by atoms with Crippen molar-refractivity contribution in [2.24, 2.45) is 0 Å². The molecule has 0 saturated carbocycles. The normalized spacial score (nSPS) is 11.9. The number of anilines is 2. The van der Waals surface area contributed by atoms with E-state index in [-0.39, 0.29) is 11.8 Å². The van der Waals surface area contributed by atoms with Gasteiger partial charge in [0.1, 0.15) is 6.04 Å². The molecule has 6 heteroatoms. The minimum absolute atomic E-state index is 0.258. The van der Waals surface area contributed by atoms with Crippen molar-refractivity contribution >= 4 is 17.6 Å². The van der Waals surface area contributed by atoms with Gasteiger partial charge in [0.05, 0.1) is 6.61 Å². The summed E-state index contributed by atoms with van der Waals surface area (Å²) in [6.07, 6.45) is 2.98. The van der Waals surface area contributed by atoms with Crippen LogP contribution in [0.25, 0.3) is 0 Å². The second-order valence-corrected chi connectivity index (χ2v) is 2.91. The fourth-order valence-electron chi connectivity index (χ4n) is 0.991. The lowest BCUT2D eigenvalue weighted by Crippen LogP contribution is -2.29. The molecule has 1 heterocycles. The SMILES string of the molecule is CCOC(=O)C(C)Nc1nccnc1N. The molecule has 82 valence electrons. The van der Waals surface area contributed by atoms with Gasteiger partial charge in [-0.3, -0.25) is 0 Å². The van der Waals surface area contributed by atoms with E-state index in [4.69, 9.17) is 10.5 Å². The van der Waals surface area contributed by atoms with Crippen LogP contribution in [0.15, 0.2) is 12.4 Å². The lowest BCUT2D eigenvalue weighted by Gasteiger charge is -2.13. The molecule has 0 aliphatic heterocycles. The molecule has 6 nitrogen and oxygen atoms in total. The average Bonchev–Trinajstić information content (AvgIpc) is 2.21. The summed E-state index contributed by atoms with van der Waals surface area (Å²) in [5.74, 6) is 0.300. The fraction of sp³-hybridized carbons (Fsp3) is 0.444. The molecule has 1 rings (SSSR count). The second kappa shape index (κ2) is 5.14. The Bertz CT molecular complexity index is 343. The Hall–Kier alpha value is -1.85. The molecule has 1 atom stereocenters. The minimum Gasteiger partial charge on any atom is -0.464 e. The summed E-state index contributed by atoms with van der Waals surface area (Å²) >= 11 is 0. The van der Waals surface area contributed by atoms with Gasteiger partial charge in [-0.05, 0) is 13.8 Å². The molecule has 3 N–H and O–H groups in total. The largest absolute Gasteiger partial charge is 0.464 e. The molecular formula is C9H14N4O2. The molecule has 0 amide bonds. The third kappa shape index (κ3) is 3.08. The van der Waals surface area contributed by atoms with Gasteiger partial charge < -0.3 is 15.8 Å². The number of carbonyl (C=O) groups excluding carboxylic acids is 1. The second-order valence-electron chi connectivity index (χ2n) is 2.91. The molecule has 0 aliphatic carbocycles. The molecule has 1 unspecified atom stereocenters. The van der Waals surface area contributed by atoms with Crippen LogP contribution in [0.3, 0.4) is 0 Å². The Morgan fingerprint density at radius 1 is 1.60 bits per heavy atom. The summed E-state index contributed by atoms with van der Waals surface area (Å²) in [5, 5.41) is 2.82. The van der Waals surface area contributed by atoms with Crippen molar-refractivity contribution < 1.29 is 9.53 Å². The average molecular weight is 210 g/mol. The number of carbonyl (C=O) groups is 1. The Morgan fingerprint density at radius 2 is 2.27 bits per heavy atom. The summed E-state index contributed by atoms with van der Waals surface area (Å²) in [6, 6.07) is -0.496. The van der Waals surface area contributed by atoms with E-state index < -0.39 is 6.04 Å². The van der Waals surface area contributed by atoms with Crippen LogP contribution in [0, 0.1) is 0 Å². The Morgan fingerprint density at radius 3 is 2.87 bits per heavy atom. The summed E-state index contributed by atoms with van der Waals surface area (Å²) in [5.41, 5.74) is 5.55. The van der Waals surface area contributed by atoms with Gasteiger partial charge in [-0.15, -0.1) is 0 Å². The molecule has 0 saturated heterocycles. The third-order valence-electron chi connectivity index (χ3n) is 1.72. The lowest BCUT2D eigenvalue weighted by atomic mass is 10.3. The molecule has 0 fully saturated rings. The van der Waals surface area contributed by atoms with Crippen LogP contribution in [0.1, 0.15) is 13.8 Å². The van der Waals surface area contributed by atoms with Crippen molar-refractivity contribution in [3.8, 4) is 0 Å². The van der Waals surface area contributed by atoms with Crippen LogP contribution in [-0.2, 0) is 9.53 Å². The van der Waals surface area contributed by atoms with Gasteiger partial charge >= 0.3 is 5.97 Å². The van der Waals surface area contributed by atoms with E-state index >= 15 is 0 Å². The van der Waals surface area contributed by atoms with E-state index in [0.29, 0.717) is 12.4 Å². The molecule has 0 spiro atoms. The highest BCUT2D eigenvalue weighted by Crippen LogP contribution is 2.11. The van der Waals surface area contributed by atoms with E-state index in [9.17, 15) is 4.79 Å². The number of nitrogens with zero attached hydrogens (tertiary/aromatic N) is 2. The number of hydrogen-bond acceptors (Lipinski definition) is 6. The number of nitrogen functional groups attached to an aromatic ring is 1. The van der Waals surface area contributed by atoms with Crippen LogP contribution < -0.4 is 11.1 Å². The summed E-state index contributed by atoms with van der Waals surface area (Å²) in [4.78, 5) is 19.1. The van der Waals surface area contributed by atoms with E-state index in [2.05, 4.69) is 15.3 Å². The third-order valence-corrected chi connectivity index (χ3v) is 1.72. The molecule has 1 aromatic rings. The minimum atomic E-state index is -0.496. The van der Waals surface area contributed by atoms with Crippen molar-refractivity contribution in [1.29, 1.82) is 0 Å². The van der Waals surface area contributed by atoms with E-state index in [1.807, 2.05) is 0 Å². The Labute approximate surface area is 87.9 Å². The first-order valence-electron chi connectivity index (χ1n) is 4.64. The van der Waals surface area contributed by atoms with Crippen molar-refractivity contribution in [3.63, 3.8) is 0 Å². The zero-order chi connectivity index (χ0) is 11.3. The van der Waals surface area contributed by atoms with Crippen LogP contribution >= 0.6 is 0 Å². The summed E-state index contributed by atoms with van der Waals surface area (Å²) in [6.45, 7) is 3.77. The van der Waals surface area contributed by atoms with Crippen LogP contribution in [0.5, 0.6) is 0 Å². The van der Waals surface area contributed by atoms with E-state index in [1.54, 1.807) is 13.8 Å². The molecule has 0 radical (unpaired) electrons. The monoisotopic (exact) mass is 210 g/mol. The molecular weight excluding hydrogens is 196 g/mol. The first kappa shape index (κ1) is 11.2. The van der Waals surface area contributed by atoms with Crippen molar-refractivity contribution in [2.45, 2.75) is 19.9 Å². The smallest absolute Gasteiger partial charge is 0.328 e. The maximum Gasteiger partial charge on any atom is 0.328 e. The van der Waals surface area contributed by atoms with Crippen LogP contribution in [0.2, 0.25) is 0 Å². The van der Waals surface area contributed by atoms with Gasteiger partial charge in [0.25, 0.3) is 0 Å². The van der Waals surface area contributed by atoms with Gasteiger partial charge in [-0.1, -0.05) is 0 Å². The highest BCUT2D eigenvalue weighted by atomic mass is 16.5. The van der Waals surface area contributed by atoms with Crippen LogP contribution in [0.4, 0.5) is 11.6 Å². The Kier molecular flexibility index (Phi) is 3.84. The van der Waals surface area contributed by atoms with E-state index in [0.717, 1.165) is 0 Å². The first-order chi connectivity index (χ1) is 7.15. The summed E-state index contributed by atoms with van der Waals surface area (Å²) in [7, 11) is 0. The molecule has 1 aromatic heterocycles. The number of rotatable bonds is 4. The number of aromatic nitrogens is 2. The summed E-state index contributed by atoms with van der Waals surface area (Å²) < 4.78 is 4.83. The Balaban J connectivity index is 2.62. The van der Waals surface area contributed by atoms with Gasteiger partial charge in [0.15, 0.2) is 11.6 Å². The first-order valence-corrected chi connectivity index (χ1v) is 4.64. The fourth-order valence-corrected chi connectivity index (χ4v) is 0.991. The number of nitrogens with one attached hydrogen (secondary N) is 1. The lowest BCUT2D eigenvalue weighted by molar-refractivity contribution is -0.143. The number of esters is 1. The van der Waals surface area contributed by atoms with E-state index in [1.165, 1.54) is 12.4 Å². The predicted octanol–water partition coefficient (Wildman–Crippen LogP) is 0.422. The van der Waals surface area contributed by atoms with Gasteiger partial charge in [-0.2, -0.15) is 0 Å². The predicted molar refractivity (Wildman–Crippen MR) is 56.2 cm³/mol. The quantitative estimate of drug-likeness (QED) is 0.700. The zero-order valence-corrected chi connectivity index (χ0v) is 8.73. The molecule has 15 heavy (non-hydrogen) atoms. The highest BCUT2D eigenvalue weighted by Gasteiger charge is 2.15. The zero-order valence-electron chi connectivity index (χ0n) is 8.73. The van der Waals surface area contributed by atoms with Crippen molar-refractivity contribution in [3.05, 3.63) is 12.4 Å². The molecule has 0 aromatic carbocycles. The van der Waals surface area contributed by atoms with Gasteiger partial charge in [-0.25, -0.2) is 14.8 Å². The topological polar surface area (TPSA) is 90.1 Å². The highest BCUT2D eigenvalue weighted by molar-refractivity contribution is 5.79. The maximum absolute atomic E-state index is 11.3. The standard InChI is InChI=1S/C9H14N4O2/c1-3-15-9(14)6(2)13-8-7(10)11-4-5-12-8/h4-6H,3H2,1-2H3,(H2,10,11)(H,12,13).